The number of nitrogens with zero attached hydrogens (tertiary/aromatic N) is 7. The quantitative estimate of drug-likeness (QED) is 0.348. The fourth-order valence-corrected chi connectivity index (χ4v) is 4.70. The first-order valence-electron chi connectivity index (χ1n) is 11.5. The minimum atomic E-state index is -0.542. The van der Waals surface area contributed by atoms with Crippen molar-refractivity contribution < 1.29 is 19.0 Å². The normalized spacial score (nSPS) is 14.7. The molecule has 6 rings (SSSR count). The van der Waals surface area contributed by atoms with Crippen LogP contribution in [0.3, 0.4) is 0 Å². The predicted octanol–water partition coefficient (Wildman–Crippen LogP) is 3.65. The van der Waals surface area contributed by atoms with Gasteiger partial charge in [0.2, 0.25) is 11.5 Å². The maximum absolute atomic E-state index is 14.0. The summed E-state index contributed by atoms with van der Waals surface area (Å²) in [6.45, 7) is 1.83. The van der Waals surface area contributed by atoms with Gasteiger partial charge in [0.25, 0.3) is 5.91 Å². The van der Waals surface area contributed by atoms with Gasteiger partial charge in [0.15, 0.2) is 11.4 Å². The van der Waals surface area contributed by atoms with E-state index in [1.165, 1.54) is 20.4 Å². The number of ether oxygens (including phenoxy) is 3. The highest BCUT2D eigenvalue weighted by Crippen LogP contribution is 2.43. The Bertz CT molecular complexity index is 1700. The number of anilines is 1. The van der Waals surface area contributed by atoms with Gasteiger partial charge < -0.3 is 19.2 Å². The summed E-state index contributed by atoms with van der Waals surface area (Å²) in [5.74, 6) is 1.48. The number of hydrogen-bond acceptors (Lipinski definition) is 9. The van der Waals surface area contributed by atoms with Crippen molar-refractivity contribution in [2.45, 2.75) is 13.0 Å². The third-order valence-corrected chi connectivity index (χ3v) is 6.61. The SMILES string of the molecule is COc1ncc(-c2nc3c([nH]2)[C@@H](c2ccc(Cl)cc2)N(c2cc(OC)c4nnc(C)n4c2)C3=O)c(OC)n1. The minimum absolute atomic E-state index is 0.152. The standard InChI is InChI=1S/C25H21ClN8O4/c1-12-31-32-22-17(36-2)9-15(11-33(12)22)34-20(13-5-7-14(26)8-6-13)18-19(24(34)35)29-21(28-18)16-10-27-25(38-4)30-23(16)37-3/h5-11,20H,1-4H3,(H,28,29)/t20-/m1/s1. The first kappa shape index (κ1) is 23.7. The number of pyridine rings is 1. The summed E-state index contributed by atoms with van der Waals surface area (Å²) in [5.41, 5.74) is 3.31. The van der Waals surface area contributed by atoms with Gasteiger partial charge in [0.1, 0.15) is 17.7 Å². The van der Waals surface area contributed by atoms with Gasteiger partial charge in [-0.1, -0.05) is 23.7 Å². The fourth-order valence-electron chi connectivity index (χ4n) is 4.57. The average Bonchev–Trinajstić information content (AvgIpc) is 3.61. The summed E-state index contributed by atoms with van der Waals surface area (Å²) in [4.78, 5) is 32.0. The van der Waals surface area contributed by atoms with Crippen molar-refractivity contribution >= 4 is 28.8 Å². The van der Waals surface area contributed by atoms with Crippen LogP contribution in [0, 0.1) is 6.92 Å². The Morgan fingerprint density at radius 1 is 1.03 bits per heavy atom. The van der Waals surface area contributed by atoms with Crippen LogP contribution in [0.2, 0.25) is 5.02 Å². The minimum Gasteiger partial charge on any atom is -0.493 e. The Hall–Kier alpha value is -4.71. The molecule has 1 aliphatic rings. The number of carbonyl (C=O) groups is 1. The number of carbonyl (C=O) groups excluding carboxylic acids is 1. The molecule has 0 bridgehead atoms. The van der Waals surface area contributed by atoms with Gasteiger partial charge in [-0.15, -0.1) is 10.2 Å². The van der Waals surface area contributed by atoms with Gasteiger partial charge in [-0.25, -0.2) is 9.97 Å². The van der Waals surface area contributed by atoms with Crippen molar-refractivity contribution in [2.24, 2.45) is 0 Å². The Morgan fingerprint density at radius 3 is 2.53 bits per heavy atom. The van der Waals surface area contributed by atoms with Crippen LogP contribution in [0.5, 0.6) is 17.6 Å². The van der Waals surface area contributed by atoms with Gasteiger partial charge in [0.05, 0.1) is 38.3 Å². The van der Waals surface area contributed by atoms with Crippen LogP contribution < -0.4 is 19.1 Å². The van der Waals surface area contributed by atoms with Crippen molar-refractivity contribution in [3.05, 3.63) is 70.5 Å². The van der Waals surface area contributed by atoms with E-state index in [4.69, 9.17) is 25.8 Å². The highest BCUT2D eigenvalue weighted by Gasteiger charge is 2.43. The van der Waals surface area contributed by atoms with Gasteiger partial charge in [-0.05, 0) is 24.6 Å². The maximum Gasteiger partial charge on any atom is 0.319 e. The number of aryl methyl sites for hydroxylation is 1. The lowest BCUT2D eigenvalue weighted by Gasteiger charge is -2.26. The largest absolute Gasteiger partial charge is 0.493 e. The highest BCUT2D eigenvalue weighted by molar-refractivity contribution is 6.30. The number of methoxy groups -OCH3 is 3. The molecule has 5 aromatic rings. The average molecular weight is 533 g/mol. The number of imidazole rings is 1. The number of fused-ring (bicyclic) bond motifs is 2. The first-order valence-corrected chi connectivity index (χ1v) is 11.8. The number of aromatic amines is 1. The van der Waals surface area contributed by atoms with Crippen LogP contribution in [-0.4, -0.2) is 61.8 Å². The van der Waals surface area contributed by atoms with Crippen LogP contribution in [0.15, 0.2) is 42.7 Å². The molecule has 0 unspecified atom stereocenters. The number of rotatable bonds is 6. The number of nitrogens with one attached hydrogen (secondary N) is 1. The molecule has 0 spiro atoms. The Morgan fingerprint density at radius 2 is 1.82 bits per heavy atom. The van der Waals surface area contributed by atoms with E-state index in [9.17, 15) is 4.79 Å². The second kappa shape index (κ2) is 8.99. The summed E-state index contributed by atoms with van der Waals surface area (Å²) in [6, 6.07) is 8.68. The second-order valence-electron chi connectivity index (χ2n) is 8.46. The van der Waals surface area contributed by atoms with E-state index in [0.717, 1.165) is 5.56 Å². The molecule has 1 aliphatic heterocycles. The summed E-state index contributed by atoms with van der Waals surface area (Å²) < 4.78 is 17.9. The molecule has 12 nitrogen and oxygen atoms in total. The van der Waals surface area contributed by atoms with Crippen molar-refractivity contribution in [1.82, 2.24) is 34.5 Å². The second-order valence-corrected chi connectivity index (χ2v) is 8.90. The molecule has 0 aliphatic carbocycles. The van der Waals surface area contributed by atoms with Gasteiger partial charge in [0, 0.05) is 23.5 Å². The van der Waals surface area contributed by atoms with E-state index in [1.807, 2.05) is 19.1 Å². The number of amides is 1. The monoisotopic (exact) mass is 532 g/mol. The zero-order chi connectivity index (χ0) is 26.6. The predicted molar refractivity (Wildman–Crippen MR) is 137 cm³/mol. The van der Waals surface area contributed by atoms with Crippen LogP contribution in [-0.2, 0) is 0 Å². The smallest absolute Gasteiger partial charge is 0.319 e. The highest BCUT2D eigenvalue weighted by atomic mass is 35.5. The van der Waals surface area contributed by atoms with Crippen molar-refractivity contribution in [1.29, 1.82) is 0 Å². The molecule has 0 saturated heterocycles. The molecule has 1 aromatic carbocycles. The number of hydrogen-bond donors (Lipinski definition) is 1. The van der Waals surface area contributed by atoms with Gasteiger partial charge >= 0.3 is 6.01 Å². The molecular formula is C25H21ClN8O4. The van der Waals surface area contributed by atoms with Gasteiger partial charge in [-0.3, -0.25) is 14.1 Å². The molecule has 0 fully saturated rings. The Balaban J connectivity index is 1.53. The third-order valence-electron chi connectivity index (χ3n) is 6.36. The van der Waals surface area contributed by atoms with E-state index in [1.54, 1.807) is 40.8 Å². The van der Waals surface area contributed by atoms with Crippen LogP contribution in [0.4, 0.5) is 5.69 Å². The third kappa shape index (κ3) is 3.60. The molecule has 4 aromatic heterocycles. The summed E-state index contributed by atoms with van der Waals surface area (Å²) in [5, 5.41) is 8.91. The molecule has 1 atom stereocenters. The zero-order valence-electron chi connectivity index (χ0n) is 20.8. The summed E-state index contributed by atoms with van der Waals surface area (Å²) in [6.07, 6.45) is 3.34. The van der Waals surface area contributed by atoms with Crippen LogP contribution >= 0.6 is 11.6 Å². The Labute approximate surface area is 221 Å². The zero-order valence-corrected chi connectivity index (χ0v) is 21.5. The molecule has 13 heteroatoms. The van der Waals surface area contributed by atoms with Crippen molar-refractivity contribution in [2.75, 3.05) is 26.2 Å². The maximum atomic E-state index is 14.0. The van der Waals surface area contributed by atoms with Crippen LogP contribution in [0.1, 0.15) is 33.6 Å². The number of H-pyrrole nitrogens is 1. The van der Waals surface area contributed by atoms with Crippen molar-refractivity contribution in [3.8, 4) is 29.0 Å². The fraction of sp³-hybridized carbons (Fsp3) is 0.200. The van der Waals surface area contributed by atoms with Gasteiger partial charge in [-0.2, -0.15) is 4.98 Å². The van der Waals surface area contributed by atoms with E-state index in [0.29, 0.717) is 45.0 Å². The molecule has 0 saturated carbocycles. The van der Waals surface area contributed by atoms with Crippen LogP contribution in [0.25, 0.3) is 17.0 Å². The Kier molecular flexibility index (Phi) is 5.60. The number of benzene rings is 1. The lowest BCUT2D eigenvalue weighted by molar-refractivity contribution is 0.0989. The first-order chi connectivity index (χ1) is 18.4. The molecule has 192 valence electrons. The molecular weight excluding hydrogens is 512 g/mol. The van der Waals surface area contributed by atoms with E-state index in [-0.39, 0.29) is 23.5 Å². The van der Waals surface area contributed by atoms with E-state index >= 15 is 0 Å². The molecule has 1 N–H and O–H groups in total. The number of aromatic nitrogens is 7. The topological polar surface area (TPSA) is 133 Å². The van der Waals surface area contributed by atoms with E-state index in [2.05, 4.69) is 30.1 Å². The molecule has 38 heavy (non-hydrogen) atoms. The lowest BCUT2D eigenvalue weighted by atomic mass is 10.0. The number of halogens is 1. The summed E-state index contributed by atoms with van der Waals surface area (Å²) in [7, 11) is 4.50. The van der Waals surface area contributed by atoms with Crippen molar-refractivity contribution in [3.63, 3.8) is 0 Å². The molecule has 0 radical (unpaired) electrons. The molecule has 5 heterocycles. The molecule has 1 amide bonds. The lowest BCUT2D eigenvalue weighted by Crippen LogP contribution is -2.29. The summed E-state index contributed by atoms with van der Waals surface area (Å²) >= 11 is 6.18. The van der Waals surface area contributed by atoms with E-state index < -0.39 is 6.04 Å².